The number of nitrogen functional groups attached to an aromatic ring is 1. The summed E-state index contributed by atoms with van der Waals surface area (Å²) in [6.07, 6.45) is 4.81. The molecular formula is C16H12N6O. The summed E-state index contributed by atoms with van der Waals surface area (Å²) in [6.45, 7) is 0. The Labute approximate surface area is 132 Å². The first-order valence-corrected chi connectivity index (χ1v) is 6.71. The first kappa shape index (κ1) is 14.4. The predicted molar refractivity (Wildman–Crippen MR) is 84.2 cm³/mol. The molecule has 0 aliphatic heterocycles. The minimum absolute atomic E-state index is 0.140. The maximum absolute atomic E-state index is 9.37. The number of ether oxygens (including phenoxy) is 1. The Morgan fingerprint density at radius 1 is 1.13 bits per heavy atom. The number of anilines is 1. The van der Waals surface area contributed by atoms with E-state index in [4.69, 9.17) is 10.5 Å². The smallest absolute Gasteiger partial charge is 0.316 e. The van der Waals surface area contributed by atoms with E-state index in [1.165, 1.54) is 7.11 Å². The molecule has 0 saturated heterocycles. The normalized spacial score (nSPS) is 10.1. The molecule has 0 amide bonds. The number of methoxy groups -OCH3 is 1. The molecule has 0 fully saturated rings. The molecule has 0 saturated carbocycles. The lowest BCUT2D eigenvalue weighted by atomic mass is 10.0. The van der Waals surface area contributed by atoms with Crippen LogP contribution in [0.2, 0.25) is 0 Å². The number of nitrogens with zero attached hydrogens (tertiary/aromatic N) is 5. The molecule has 3 aromatic heterocycles. The van der Waals surface area contributed by atoms with E-state index in [2.05, 4.69) is 26.0 Å². The summed E-state index contributed by atoms with van der Waals surface area (Å²) in [5.74, 6) is 0.140. The lowest BCUT2D eigenvalue weighted by Gasteiger charge is -2.09. The molecule has 7 nitrogen and oxygen atoms in total. The summed E-state index contributed by atoms with van der Waals surface area (Å²) in [4.78, 5) is 16.6. The summed E-state index contributed by atoms with van der Waals surface area (Å²) >= 11 is 0. The van der Waals surface area contributed by atoms with Crippen molar-refractivity contribution < 1.29 is 4.74 Å². The van der Waals surface area contributed by atoms with Crippen molar-refractivity contribution in [2.75, 3.05) is 12.8 Å². The third-order valence-corrected chi connectivity index (χ3v) is 3.21. The van der Waals surface area contributed by atoms with Crippen LogP contribution in [0.25, 0.3) is 22.5 Å². The number of hydrogen-bond donors (Lipinski definition) is 1. The van der Waals surface area contributed by atoms with Gasteiger partial charge in [-0.25, -0.2) is 15.0 Å². The van der Waals surface area contributed by atoms with E-state index < -0.39 is 0 Å². The molecule has 0 unspecified atom stereocenters. The van der Waals surface area contributed by atoms with Gasteiger partial charge in [0.1, 0.15) is 17.5 Å². The van der Waals surface area contributed by atoms with E-state index in [0.29, 0.717) is 22.5 Å². The molecule has 0 aliphatic rings. The van der Waals surface area contributed by atoms with Gasteiger partial charge in [0, 0.05) is 29.7 Å². The maximum atomic E-state index is 9.37. The van der Waals surface area contributed by atoms with Crippen molar-refractivity contribution in [2.45, 2.75) is 0 Å². The number of pyridine rings is 2. The largest absolute Gasteiger partial charge is 0.467 e. The highest BCUT2D eigenvalue weighted by molar-refractivity contribution is 5.78. The topological polar surface area (TPSA) is 111 Å². The van der Waals surface area contributed by atoms with Crippen molar-refractivity contribution in [1.29, 1.82) is 5.26 Å². The van der Waals surface area contributed by atoms with Crippen LogP contribution < -0.4 is 10.5 Å². The molecule has 2 N–H and O–H groups in total. The monoisotopic (exact) mass is 304 g/mol. The van der Waals surface area contributed by atoms with Crippen molar-refractivity contribution in [3.8, 4) is 34.6 Å². The molecule has 3 heterocycles. The second-order valence-corrected chi connectivity index (χ2v) is 4.60. The van der Waals surface area contributed by atoms with Crippen LogP contribution in [0.15, 0.2) is 42.9 Å². The Balaban J connectivity index is 2.18. The number of nitriles is 1. The highest BCUT2D eigenvalue weighted by Crippen LogP contribution is 2.30. The molecule has 3 rings (SSSR count). The lowest BCUT2D eigenvalue weighted by Crippen LogP contribution is -2.01. The van der Waals surface area contributed by atoms with Crippen molar-refractivity contribution in [3.05, 3.63) is 48.4 Å². The van der Waals surface area contributed by atoms with Crippen LogP contribution in [0, 0.1) is 11.3 Å². The van der Waals surface area contributed by atoms with Crippen LogP contribution in [0.5, 0.6) is 6.01 Å². The predicted octanol–water partition coefficient (Wildman–Crippen LogP) is 2.06. The summed E-state index contributed by atoms with van der Waals surface area (Å²) in [5, 5.41) is 9.37. The molecule has 0 spiro atoms. The molecule has 0 aliphatic carbocycles. The number of hydrogen-bond acceptors (Lipinski definition) is 7. The fourth-order valence-corrected chi connectivity index (χ4v) is 2.12. The van der Waals surface area contributed by atoms with Crippen LogP contribution in [0.1, 0.15) is 5.56 Å². The van der Waals surface area contributed by atoms with Crippen molar-refractivity contribution in [1.82, 2.24) is 19.9 Å². The van der Waals surface area contributed by atoms with Gasteiger partial charge in [-0.2, -0.15) is 5.26 Å². The number of rotatable bonds is 3. The molecular weight excluding hydrogens is 292 g/mol. The van der Waals surface area contributed by atoms with Gasteiger partial charge in [0.05, 0.1) is 18.5 Å². The zero-order valence-corrected chi connectivity index (χ0v) is 12.3. The van der Waals surface area contributed by atoms with E-state index in [1.807, 2.05) is 18.2 Å². The lowest BCUT2D eigenvalue weighted by molar-refractivity contribution is 0.380. The van der Waals surface area contributed by atoms with Crippen LogP contribution in [0.3, 0.4) is 0 Å². The summed E-state index contributed by atoms with van der Waals surface area (Å²) in [7, 11) is 1.49. The Hall–Kier alpha value is -3.53. The van der Waals surface area contributed by atoms with Gasteiger partial charge in [-0.1, -0.05) is 6.07 Å². The highest BCUT2D eigenvalue weighted by atomic mass is 16.5. The van der Waals surface area contributed by atoms with Crippen LogP contribution in [-0.2, 0) is 0 Å². The molecule has 0 aromatic carbocycles. The van der Waals surface area contributed by atoms with Crippen molar-refractivity contribution in [3.63, 3.8) is 0 Å². The SMILES string of the molecule is COc1ncc(-c2cc(-c3ccccn3)nc(N)c2C#N)cn1. The van der Waals surface area contributed by atoms with E-state index in [-0.39, 0.29) is 17.4 Å². The van der Waals surface area contributed by atoms with Crippen LogP contribution in [-0.4, -0.2) is 27.0 Å². The van der Waals surface area contributed by atoms with E-state index >= 15 is 0 Å². The number of aromatic nitrogens is 4. The van der Waals surface area contributed by atoms with Gasteiger partial charge in [-0.15, -0.1) is 0 Å². The molecule has 23 heavy (non-hydrogen) atoms. The highest BCUT2D eigenvalue weighted by Gasteiger charge is 2.14. The molecule has 0 atom stereocenters. The average molecular weight is 304 g/mol. The maximum Gasteiger partial charge on any atom is 0.316 e. The molecule has 0 radical (unpaired) electrons. The van der Waals surface area contributed by atoms with Gasteiger partial charge in [-0.3, -0.25) is 4.98 Å². The first-order valence-electron chi connectivity index (χ1n) is 6.71. The van der Waals surface area contributed by atoms with E-state index in [9.17, 15) is 5.26 Å². The van der Waals surface area contributed by atoms with Gasteiger partial charge >= 0.3 is 6.01 Å². The van der Waals surface area contributed by atoms with Crippen LogP contribution >= 0.6 is 0 Å². The fourth-order valence-electron chi connectivity index (χ4n) is 2.12. The van der Waals surface area contributed by atoms with E-state index in [1.54, 1.807) is 24.7 Å². The Kier molecular flexibility index (Phi) is 3.80. The van der Waals surface area contributed by atoms with Gasteiger partial charge in [0.2, 0.25) is 0 Å². The van der Waals surface area contributed by atoms with Crippen LogP contribution in [0.4, 0.5) is 5.82 Å². The zero-order chi connectivity index (χ0) is 16.2. The fraction of sp³-hybridized carbons (Fsp3) is 0.0625. The van der Waals surface area contributed by atoms with Gasteiger partial charge in [-0.05, 0) is 18.2 Å². The van der Waals surface area contributed by atoms with Gasteiger partial charge in [0.25, 0.3) is 0 Å². The van der Waals surface area contributed by atoms with Gasteiger partial charge in [0.15, 0.2) is 0 Å². The van der Waals surface area contributed by atoms with Crippen molar-refractivity contribution >= 4 is 5.82 Å². The van der Waals surface area contributed by atoms with E-state index in [0.717, 1.165) is 0 Å². The number of nitrogens with two attached hydrogens (primary N) is 1. The Morgan fingerprint density at radius 2 is 1.91 bits per heavy atom. The average Bonchev–Trinajstić information content (AvgIpc) is 2.62. The zero-order valence-electron chi connectivity index (χ0n) is 12.3. The summed E-state index contributed by atoms with van der Waals surface area (Å²) < 4.78 is 4.94. The summed E-state index contributed by atoms with van der Waals surface area (Å²) in [6, 6.07) is 9.57. The van der Waals surface area contributed by atoms with Gasteiger partial charge < -0.3 is 10.5 Å². The Morgan fingerprint density at radius 3 is 2.52 bits per heavy atom. The second kappa shape index (κ2) is 6.07. The third-order valence-electron chi connectivity index (χ3n) is 3.21. The summed E-state index contributed by atoms with van der Waals surface area (Å²) in [5.41, 5.74) is 8.70. The minimum Gasteiger partial charge on any atom is -0.467 e. The Bertz CT molecular complexity index is 872. The molecule has 3 aromatic rings. The van der Waals surface area contributed by atoms with Crippen molar-refractivity contribution in [2.24, 2.45) is 0 Å². The second-order valence-electron chi connectivity index (χ2n) is 4.60. The standard InChI is InChI=1S/C16H12N6O/c1-23-16-20-8-10(9-21-16)11-6-14(13-4-2-3-5-19-13)22-15(18)12(11)7-17/h2-6,8-9H,1H3,(H2,18,22). The molecule has 0 bridgehead atoms. The first-order chi connectivity index (χ1) is 11.2. The quantitative estimate of drug-likeness (QED) is 0.788. The molecule has 112 valence electrons. The molecule has 7 heteroatoms. The minimum atomic E-state index is 0.140. The third kappa shape index (κ3) is 2.78.